The fourth-order valence-electron chi connectivity index (χ4n) is 1.67. The number of anilines is 1. The molecule has 0 heterocycles. The zero-order valence-corrected chi connectivity index (χ0v) is 12.5. The highest BCUT2D eigenvalue weighted by molar-refractivity contribution is 5.53. The number of benzene rings is 1. The SMILES string of the molecule is CCCCOCC(O)CNc1cc(OC)cc(OC)c1. The lowest BCUT2D eigenvalue weighted by atomic mass is 10.2. The van der Waals surface area contributed by atoms with Gasteiger partial charge in [0.05, 0.1) is 26.9 Å². The van der Waals surface area contributed by atoms with Crippen molar-refractivity contribution in [1.82, 2.24) is 0 Å². The van der Waals surface area contributed by atoms with Gasteiger partial charge in [-0.05, 0) is 6.42 Å². The number of aliphatic hydroxyl groups excluding tert-OH is 1. The van der Waals surface area contributed by atoms with E-state index in [-0.39, 0.29) is 0 Å². The van der Waals surface area contributed by atoms with Crippen LogP contribution < -0.4 is 14.8 Å². The van der Waals surface area contributed by atoms with Crippen molar-refractivity contribution in [3.05, 3.63) is 18.2 Å². The molecule has 0 saturated carbocycles. The van der Waals surface area contributed by atoms with E-state index >= 15 is 0 Å². The van der Waals surface area contributed by atoms with Crippen LogP contribution in [0.3, 0.4) is 0 Å². The molecule has 0 aliphatic heterocycles. The number of rotatable bonds is 10. The summed E-state index contributed by atoms with van der Waals surface area (Å²) in [6.07, 6.45) is 1.58. The Labute approximate surface area is 120 Å². The minimum atomic E-state index is -0.538. The largest absolute Gasteiger partial charge is 0.497 e. The van der Waals surface area contributed by atoms with Crippen molar-refractivity contribution < 1.29 is 19.3 Å². The summed E-state index contributed by atoms with van der Waals surface area (Å²) in [4.78, 5) is 0. The molecule has 0 aliphatic carbocycles. The molecule has 0 radical (unpaired) electrons. The van der Waals surface area contributed by atoms with Crippen molar-refractivity contribution in [1.29, 1.82) is 0 Å². The monoisotopic (exact) mass is 283 g/mol. The van der Waals surface area contributed by atoms with Crippen LogP contribution in [0.5, 0.6) is 11.5 Å². The van der Waals surface area contributed by atoms with Gasteiger partial charge in [0.15, 0.2) is 0 Å². The summed E-state index contributed by atoms with van der Waals surface area (Å²) in [5.41, 5.74) is 0.841. The molecule has 0 aromatic heterocycles. The van der Waals surface area contributed by atoms with Gasteiger partial charge in [0.1, 0.15) is 11.5 Å². The van der Waals surface area contributed by atoms with Gasteiger partial charge in [-0.15, -0.1) is 0 Å². The molecule has 0 fully saturated rings. The summed E-state index contributed by atoms with van der Waals surface area (Å²) in [6, 6.07) is 5.51. The quantitative estimate of drug-likeness (QED) is 0.645. The molecule has 20 heavy (non-hydrogen) atoms. The Morgan fingerprint density at radius 2 is 1.80 bits per heavy atom. The van der Waals surface area contributed by atoms with Crippen molar-refractivity contribution in [3.8, 4) is 11.5 Å². The Balaban J connectivity index is 2.40. The highest BCUT2D eigenvalue weighted by Crippen LogP contribution is 2.25. The molecule has 1 rings (SSSR count). The van der Waals surface area contributed by atoms with Crippen molar-refractivity contribution in [2.75, 3.05) is 39.3 Å². The number of hydrogen-bond donors (Lipinski definition) is 2. The van der Waals surface area contributed by atoms with Gasteiger partial charge in [-0.2, -0.15) is 0 Å². The van der Waals surface area contributed by atoms with E-state index in [1.807, 2.05) is 12.1 Å². The lowest BCUT2D eigenvalue weighted by Crippen LogP contribution is -2.25. The first-order chi connectivity index (χ1) is 9.69. The van der Waals surface area contributed by atoms with Gasteiger partial charge >= 0.3 is 0 Å². The Kier molecular flexibility index (Phi) is 7.84. The van der Waals surface area contributed by atoms with Gasteiger partial charge in [-0.25, -0.2) is 0 Å². The van der Waals surface area contributed by atoms with Crippen molar-refractivity contribution in [2.24, 2.45) is 0 Å². The summed E-state index contributed by atoms with van der Waals surface area (Å²) in [7, 11) is 3.21. The predicted octanol–water partition coefficient (Wildman–Crippen LogP) is 2.29. The molecule has 0 bridgehead atoms. The van der Waals surface area contributed by atoms with Crippen LogP contribution in [0.1, 0.15) is 19.8 Å². The van der Waals surface area contributed by atoms with E-state index in [0.717, 1.165) is 18.5 Å². The van der Waals surface area contributed by atoms with E-state index in [1.54, 1.807) is 20.3 Å². The van der Waals surface area contributed by atoms with Crippen LogP contribution >= 0.6 is 0 Å². The molecule has 0 amide bonds. The molecule has 5 heteroatoms. The number of ether oxygens (including phenoxy) is 3. The van der Waals surface area contributed by atoms with Crippen LogP contribution in [0.25, 0.3) is 0 Å². The third-order valence-electron chi connectivity index (χ3n) is 2.85. The minimum absolute atomic E-state index is 0.341. The van der Waals surface area contributed by atoms with Crippen LogP contribution in [0.15, 0.2) is 18.2 Å². The molecular formula is C15H25NO4. The van der Waals surface area contributed by atoms with Gasteiger partial charge in [-0.3, -0.25) is 0 Å². The lowest BCUT2D eigenvalue weighted by molar-refractivity contribution is 0.0421. The first kappa shape index (κ1) is 16.6. The average Bonchev–Trinajstić information content (AvgIpc) is 2.49. The molecule has 0 aliphatic rings. The van der Waals surface area contributed by atoms with Gasteiger partial charge in [0, 0.05) is 37.0 Å². The second kappa shape index (κ2) is 9.44. The molecule has 0 saturated heterocycles. The van der Waals surface area contributed by atoms with Gasteiger partial charge in [-0.1, -0.05) is 13.3 Å². The van der Waals surface area contributed by atoms with Crippen LogP contribution in [-0.2, 0) is 4.74 Å². The second-order valence-electron chi connectivity index (χ2n) is 4.56. The highest BCUT2D eigenvalue weighted by Gasteiger charge is 2.06. The zero-order chi connectivity index (χ0) is 14.8. The van der Waals surface area contributed by atoms with Crippen LogP contribution in [0.2, 0.25) is 0 Å². The minimum Gasteiger partial charge on any atom is -0.497 e. The number of nitrogens with one attached hydrogen (secondary N) is 1. The highest BCUT2D eigenvalue weighted by atomic mass is 16.5. The first-order valence-corrected chi connectivity index (χ1v) is 6.92. The molecule has 1 unspecified atom stereocenters. The van der Waals surface area contributed by atoms with Crippen molar-refractivity contribution >= 4 is 5.69 Å². The van der Waals surface area contributed by atoms with E-state index in [9.17, 15) is 5.11 Å². The maximum atomic E-state index is 9.81. The van der Waals surface area contributed by atoms with Crippen molar-refractivity contribution in [3.63, 3.8) is 0 Å². The molecule has 2 N–H and O–H groups in total. The molecule has 1 aromatic rings. The summed E-state index contributed by atoms with van der Waals surface area (Å²) in [5, 5.41) is 13.0. The number of methoxy groups -OCH3 is 2. The van der Waals surface area contributed by atoms with Crippen LogP contribution in [-0.4, -0.2) is 45.2 Å². The van der Waals surface area contributed by atoms with E-state index in [0.29, 0.717) is 31.3 Å². The fourth-order valence-corrected chi connectivity index (χ4v) is 1.67. The summed E-state index contributed by atoms with van der Waals surface area (Å²) in [5.74, 6) is 1.42. The molecule has 5 nitrogen and oxygen atoms in total. The normalized spacial score (nSPS) is 12.0. The summed E-state index contributed by atoms with van der Waals surface area (Å²) < 4.78 is 15.8. The van der Waals surface area contributed by atoms with Crippen LogP contribution in [0.4, 0.5) is 5.69 Å². The molecule has 1 aromatic carbocycles. The van der Waals surface area contributed by atoms with E-state index < -0.39 is 6.10 Å². The number of unbranched alkanes of at least 4 members (excludes halogenated alkanes) is 1. The van der Waals surface area contributed by atoms with Gasteiger partial charge < -0.3 is 24.6 Å². The zero-order valence-electron chi connectivity index (χ0n) is 12.5. The smallest absolute Gasteiger partial charge is 0.124 e. The molecule has 1 atom stereocenters. The Morgan fingerprint density at radius 1 is 1.15 bits per heavy atom. The molecule has 114 valence electrons. The average molecular weight is 283 g/mol. The lowest BCUT2D eigenvalue weighted by Gasteiger charge is -2.14. The maximum Gasteiger partial charge on any atom is 0.124 e. The molecular weight excluding hydrogens is 258 g/mol. The first-order valence-electron chi connectivity index (χ1n) is 6.92. The Morgan fingerprint density at radius 3 is 2.35 bits per heavy atom. The summed E-state index contributed by atoms with van der Waals surface area (Å²) in [6.45, 7) is 3.56. The second-order valence-corrected chi connectivity index (χ2v) is 4.56. The maximum absolute atomic E-state index is 9.81. The van der Waals surface area contributed by atoms with Crippen molar-refractivity contribution in [2.45, 2.75) is 25.9 Å². The van der Waals surface area contributed by atoms with Crippen LogP contribution in [0, 0.1) is 0 Å². The predicted molar refractivity (Wildman–Crippen MR) is 79.8 cm³/mol. The number of aliphatic hydroxyl groups is 1. The standard InChI is InChI=1S/C15H25NO4/c1-4-5-6-20-11-13(17)10-16-12-7-14(18-2)9-15(8-12)19-3/h7-9,13,16-17H,4-6,10-11H2,1-3H3. The third kappa shape index (κ3) is 6.12. The Bertz CT molecular complexity index is 362. The van der Waals surface area contributed by atoms with E-state index in [1.165, 1.54) is 0 Å². The van der Waals surface area contributed by atoms with E-state index in [4.69, 9.17) is 14.2 Å². The van der Waals surface area contributed by atoms with Gasteiger partial charge in [0.25, 0.3) is 0 Å². The fraction of sp³-hybridized carbons (Fsp3) is 0.600. The third-order valence-corrected chi connectivity index (χ3v) is 2.85. The topological polar surface area (TPSA) is 60.0 Å². The molecule has 0 spiro atoms. The van der Waals surface area contributed by atoms with E-state index in [2.05, 4.69) is 12.2 Å². The number of hydrogen-bond acceptors (Lipinski definition) is 5. The Hall–Kier alpha value is -1.46. The van der Waals surface area contributed by atoms with Gasteiger partial charge in [0.2, 0.25) is 0 Å². The summed E-state index contributed by atoms with van der Waals surface area (Å²) >= 11 is 0.